The maximum atomic E-state index is 13.2. The van der Waals surface area contributed by atoms with Crippen LogP contribution in [0.3, 0.4) is 0 Å². The van der Waals surface area contributed by atoms with Gasteiger partial charge in [-0.3, -0.25) is 4.79 Å². The molecule has 0 bridgehead atoms. The summed E-state index contributed by atoms with van der Waals surface area (Å²) in [6.07, 6.45) is 0. The van der Waals surface area contributed by atoms with Crippen molar-refractivity contribution >= 4 is 29.1 Å². The Kier molecular flexibility index (Phi) is 4.53. The summed E-state index contributed by atoms with van der Waals surface area (Å²) in [5.41, 5.74) is 5.51. The Morgan fingerprint density at radius 1 is 1.50 bits per heavy atom. The second-order valence-electron chi connectivity index (χ2n) is 3.36. The summed E-state index contributed by atoms with van der Waals surface area (Å²) in [6, 6.07) is 2.28. The van der Waals surface area contributed by atoms with Crippen LogP contribution in [0, 0.1) is 5.82 Å². The second-order valence-corrected chi connectivity index (χ2v) is 4.17. The number of benzene rings is 1. The molecule has 1 aromatic rings. The highest BCUT2D eigenvalue weighted by Gasteiger charge is 2.13. The van der Waals surface area contributed by atoms with Crippen LogP contribution >= 0.6 is 23.2 Å². The SMILES string of the molecule is C[C@@H](NCC(N)=O)c1cc(F)c(Cl)cc1Cl. The summed E-state index contributed by atoms with van der Waals surface area (Å²) in [7, 11) is 0. The maximum Gasteiger partial charge on any atom is 0.231 e. The molecule has 0 aliphatic heterocycles. The van der Waals surface area contributed by atoms with Gasteiger partial charge in [0.2, 0.25) is 5.91 Å². The number of primary amides is 1. The van der Waals surface area contributed by atoms with Crippen molar-refractivity contribution in [2.24, 2.45) is 5.73 Å². The van der Waals surface area contributed by atoms with Crippen molar-refractivity contribution < 1.29 is 9.18 Å². The van der Waals surface area contributed by atoms with Crippen LogP contribution in [0.4, 0.5) is 4.39 Å². The molecule has 1 atom stereocenters. The fourth-order valence-corrected chi connectivity index (χ4v) is 1.78. The summed E-state index contributed by atoms with van der Waals surface area (Å²) >= 11 is 11.5. The number of nitrogens with two attached hydrogens (primary N) is 1. The largest absolute Gasteiger partial charge is 0.369 e. The van der Waals surface area contributed by atoms with Crippen LogP contribution in [0.5, 0.6) is 0 Å². The average Bonchev–Trinajstić information content (AvgIpc) is 2.20. The highest BCUT2D eigenvalue weighted by molar-refractivity contribution is 6.35. The monoisotopic (exact) mass is 264 g/mol. The second kappa shape index (κ2) is 5.48. The van der Waals surface area contributed by atoms with Crippen molar-refractivity contribution in [2.75, 3.05) is 6.54 Å². The van der Waals surface area contributed by atoms with E-state index in [1.54, 1.807) is 6.92 Å². The molecule has 1 amide bonds. The van der Waals surface area contributed by atoms with Crippen LogP contribution in [-0.2, 0) is 4.79 Å². The molecule has 6 heteroatoms. The Labute approximate surface area is 103 Å². The zero-order valence-electron chi connectivity index (χ0n) is 8.56. The number of carbonyl (C=O) groups is 1. The topological polar surface area (TPSA) is 55.1 Å². The summed E-state index contributed by atoms with van der Waals surface area (Å²) in [6.45, 7) is 1.75. The average molecular weight is 265 g/mol. The molecule has 0 fully saturated rings. The number of rotatable bonds is 4. The van der Waals surface area contributed by atoms with Crippen molar-refractivity contribution in [3.05, 3.63) is 33.6 Å². The van der Waals surface area contributed by atoms with Gasteiger partial charge in [-0.1, -0.05) is 23.2 Å². The number of halogens is 3. The van der Waals surface area contributed by atoms with Gasteiger partial charge in [0.25, 0.3) is 0 Å². The van der Waals surface area contributed by atoms with E-state index in [0.717, 1.165) is 0 Å². The maximum absolute atomic E-state index is 13.2. The van der Waals surface area contributed by atoms with Gasteiger partial charge < -0.3 is 11.1 Å². The fraction of sp³-hybridized carbons (Fsp3) is 0.300. The van der Waals surface area contributed by atoms with Crippen molar-refractivity contribution in [2.45, 2.75) is 13.0 Å². The molecule has 1 aromatic carbocycles. The Morgan fingerprint density at radius 2 is 2.12 bits per heavy atom. The Hall–Kier alpha value is -0.840. The van der Waals surface area contributed by atoms with Crippen LogP contribution in [0.1, 0.15) is 18.5 Å². The molecule has 0 saturated heterocycles. The van der Waals surface area contributed by atoms with E-state index < -0.39 is 11.7 Å². The predicted molar refractivity (Wildman–Crippen MR) is 62.0 cm³/mol. The smallest absolute Gasteiger partial charge is 0.231 e. The van der Waals surface area contributed by atoms with Crippen LogP contribution in [-0.4, -0.2) is 12.5 Å². The van der Waals surface area contributed by atoms with Gasteiger partial charge in [-0.15, -0.1) is 0 Å². The van der Waals surface area contributed by atoms with Gasteiger partial charge in [-0.25, -0.2) is 4.39 Å². The molecule has 0 saturated carbocycles. The first-order chi connectivity index (χ1) is 7.41. The molecule has 3 N–H and O–H groups in total. The molecule has 0 spiro atoms. The van der Waals surface area contributed by atoms with E-state index in [1.807, 2.05) is 0 Å². The summed E-state index contributed by atoms with van der Waals surface area (Å²) in [5.74, 6) is -1.04. The Bertz CT molecular complexity index is 412. The van der Waals surface area contributed by atoms with E-state index in [4.69, 9.17) is 28.9 Å². The van der Waals surface area contributed by atoms with Crippen molar-refractivity contribution in [1.82, 2.24) is 5.32 Å². The molecule has 3 nitrogen and oxygen atoms in total. The van der Waals surface area contributed by atoms with Crippen molar-refractivity contribution in [3.63, 3.8) is 0 Å². The minimum Gasteiger partial charge on any atom is -0.369 e. The summed E-state index contributed by atoms with van der Waals surface area (Å²) in [5, 5.41) is 3.13. The van der Waals surface area contributed by atoms with Crippen molar-refractivity contribution in [1.29, 1.82) is 0 Å². The number of amides is 1. The van der Waals surface area contributed by atoms with E-state index >= 15 is 0 Å². The van der Waals surface area contributed by atoms with Gasteiger partial charge in [-0.2, -0.15) is 0 Å². The first-order valence-corrected chi connectivity index (χ1v) is 5.33. The normalized spacial score (nSPS) is 12.5. The van der Waals surface area contributed by atoms with Gasteiger partial charge in [0, 0.05) is 11.1 Å². The van der Waals surface area contributed by atoms with Crippen LogP contribution in [0.2, 0.25) is 10.0 Å². The third-order valence-electron chi connectivity index (χ3n) is 2.09. The van der Waals surface area contributed by atoms with E-state index in [1.165, 1.54) is 12.1 Å². The molecule has 0 aliphatic carbocycles. The first kappa shape index (κ1) is 13.2. The number of hydrogen-bond donors (Lipinski definition) is 2. The van der Waals surface area contributed by atoms with E-state index in [9.17, 15) is 9.18 Å². The fourth-order valence-electron chi connectivity index (χ4n) is 1.23. The highest BCUT2D eigenvalue weighted by Crippen LogP contribution is 2.28. The lowest BCUT2D eigenvalue weighted by molar-refractivity contribution is -0.117. The summed E-state index contributed by atoms with van der Waals surface area (Å²) in [4.78, 5) is 10.6. The number of carbonyl (C=O) groups excluding carboxylic acids is 1. The predicted octanol–water partition coefficient (Wildman–Crippen LogP) is 2.27. The standard InChI is InChI=1S/C10H11Cl2FN2O/c1-5(15-4-10(14)16)6-2-9(13)8(12)3-7(6)11/h2-3,5,15H,4H2,1H3,(H2,14,16)/t5-/m1/s1. The van der Waals surface area contributed by atoms with Gasteiger partial charge in [0.05, 0.1) is 11.6 Å². The highest BCUT2D eigenvalue weighted by atomic mass is 35.5. The Morgan fingerprint density at radius 3 is 2.69 bits per heavy atom. The van der Waals surface area contributed by atoms with Gasteiger partial charge >= 0.3 is 0 Å². The summed E-state index contributed by atoms with van der Waals surface area (Å²) < 4.78 is 13.2. The van der Waals surface area contributed by atoms with E-state index in [0.29, 0.717) is 10.6 Å². The molecule has 0 unspecified atom stereocenters. The lowest BCUT2D eigenvalue weighted by atomic mass is 10.1. The lowest BCUT2D eigenvalue weighted by Crippen LogP contribution is -2.30. The molecule has 16 heavy (non-hydrogen) atoms. The molecule has 0 aliphatic rings. The first-order valence-electron chi connectivity index (χ1n) is 4.58. The molecule has 0 aromatic heterocycles. The zero-order valence-corrected chi connectivity index (χ0v) is 10.1. The van der Waals surface area contributed by atoms with Gasteiger partial charge in [0.1, 0.15) is 5.82 Å². The quantitative estimate of drug-likeness (QED) is 0.820. The molecule has 0 radical (unpaired) electrons. The van der Waals surface area contributed by atoms with E-state index in [-0.39, 0.29) is 17.6 Å². The third kappa shape index (κ3) is 3.33. The van der Waals surface area contributed by atoms with Gasteiger partial charge in [-0.05, 0) is 24.6 Å². The molecule has 88 valence electrons. The van der Waals surface area contributed by atoms with Crippen LogP contribution < -0.4 is 11.1 Å². The van der Waals surface area contributed by atoms with Crippen LogP contribution in [0.15, 0.2) is 12.1 Å². The Balaban J connectivity index is 2.86. The third-order valence-corrected chi connectivity index (χ3v) is 2.71. The van der Waals surface area contributed by atoms with Crippen LogP contribution in [0.25, 0.3) is 0 Å². The minimum absolute atomic E-state index is 0.00173. The van der Waals surface area contributed by atoms with Crippen molar-refractivity contribution in [3.8, 4) is 0 Å². The molecule has 0 heterocycles. The number of hydrogen-bond acceptors (Lipinski definition) is 2. The number of nitrogens with one attached hydrogen (secondary N) is 1. The molecule has 1 rings (SSSR count). The van der Waals surface area contributed by atoms with E-state index in [2.05, 4.69) is 5.32 Å². The minimum atomic E-state index is -0.547. The zero-order chi connectivity index (χ0) is 12.3. The molecular weight excluding hydrogens is 254 g/mol. The lowest BCUT2D eigenvalue weighted by Gasteiger charge is -2.15. The van der Waals surface area contributed by atoms with Gasteiger partial charge in [0.15, 0.2) is 0 Å². The molecular formula is C10H11Cl2FN2O.